The van der Waals surface area contributed by atoms with Crippen LogP contribution < -0.4 is 5.32 Å². The molecular weight excluding hydrogens is 198 g/mol. The lowest BCUT2D eigenvalue weighted by molar-refractivity contribution is -0.137. The van der Waals surface area contributed by atoms with Gasteiger partial charge in [0.1, 0.15) is 0 Å². The number of carboxylic acid groups (broad SMARTS) is 1. The Balaban J connectivity index is 2.22. The number of aliphatic carboxylic acids is 1. The molecule has 6 heteroatoms. The fraction of sp³-hybridized carbons (Fsp3) is 0.667. The molecule has 1 atom stereocenters. The third-order valence-electron chi connectivity index (χ3n) is 1.96. The molecule has 0 aliphatic rings. The second kappa shape index (κ2) is 5.45. The highest BCUT2D eigenvalue weighted by atomic mass is 16.5. The Labute approximate surface area is 87.7 Å². The van der Waals surface area contributed by atoms with E-state index in [9.17, 15) is 4.79 Å². The van der Waals surface area contributed by atoms with E-state index in [4.69, 9.17) is 9.63 Å². The van der Waals surface area contributed by atoms with Crippen LogP contribution in [0.15, 0.2) is 4.52 Å². The van der Waals surface area contributed by atoms with E-state index in [2.05, 4.69) is 15.5 Å². The van der Waals surface area contributed by atoms with Crippen LogP contribution in [0.1, 0.15) is 31.5 Å². The van der Waals surface area contributed by atoms with Crippen LogP contribution in [0, 0.1) is 6.92 Å². The summed E-state index contributed by atoms with van der Waals surface area (Å²) in [6, 6.07) is 0.119. The van der Waals surface area contributed by atoms with Gasteiger partial charge in [0, 0.05) is 12.5 Å². The lowest BCUT2D eigenvalue weighted by Crippen LogP contribution is -2.26. The summed E-state index contributed by atoms with van der Waals surface area (Å²) >= 11 is 0. The minimum atomic E-state index is -0.780. The van der Waals surface area contributed by atoms with Gasteiger partial charge in [0.15, 0.2) is 5.82 Å². The molecular formula is C9H15N3O3. The van der Waals surface area contributed by atoms with Gasteiger partial charge in [-0.15, -0.1) is 0 Å². The Morgan fingerprint density at radius 1 is 1.67 bits per heavy atom. The first-order valence-corrected chi connectivity index (χ1v) is 4.82. The molecule has 0 spiro atoms. The SMILES string of the molecule is Cc1noc(CNC(C)CCC(=O)O)n1. The van der Waals surface area contributed by atoms with Crippen LogP contribution in [0.3, 0.4) is 0 Å². The zero-order chi connectivity index (χ0) is 11.3. The Hall–Kier alpha value is -1.43. The number of carboxylic acids is 1. The molecule has 2 N–H and O–H groups in total. The molecule has 0 aliphatic carbocycles. The minimum absolute atomic E-state index is 0.119. The maximum Gasteiger partial charge on any atom is 0.303 e. The molecule has 0 saturated heterocycles. The fourth-order valence-corrected chi connectivity index (χ4v) is 1.12. The summed E-state index contributed by atoms with van der Waals surface area (Å²) < 4.78 is 4.90. The molecule has 6 nitrogen and oxygen atoms in total. The third kappa shape index (κ3) is 4.55. The molecule has 1 rings (SSSR count). The molecule has 1 unspecified atom stereocenters. The largest absolute Gasteiger partial charge is 0.481 e. The molecule has 0 aliphatic heterocycles. The average molecular weight is 213 g/mol. The molecule has 0 amide bonds. The van der Waals surface area contributed by atoms with Crippen molar-refractivity contribution in [3.63, 3.8) is 0 Å². The average Bonchev–Trinajstić information content (AvgIpc) is 2.58. The van der Waals surface area contributed by atoms with Crippen molar-refractivity contribution < 1.29 is 14.4 Å². The van der Waals surface area contributed by atoms with Crippen LogP contribution >= 0.6 is 0 Å². The highest BCUT2D eigenvalue weighted by Crippen LogP contribution is 1.99. The number of aromatic nitrogens is 2. The van der Waals surface area contributed by atoms with Crippen LogP contribution in [-0.2, 0) is 11.3 Å². The maximum atomic E-state index is 10.3. The molecule has 84 valence electrons. The van der Waals surface area contributed by atoms with Gasteiger partial charge in [-0.1, -0.05) is 5.16 Å². The molecule has 1 aromatic heterocycles. The van der Waals surface area contributed by atoms with E-state index in [1.165, 1.54) is 0 Å². The van der Waals surface area contributed by atoms with Crippen molar-refractivity contribution >= 4 is 5.97 Å². The van der Waals surface area contributed by atoms with Crippen molar-refractivity contribution in [1.29, 1.82) is 0 Å². The second-order valence-corrected chi connectivity index (χ2v) is 3.45. The summed E-state index contributed by atoms with van der Waals surface area (Å²) in [5.74, 6) is 0.344. The van der Waals surface area contributed by atoms with Crippen LogP contribution in [-0.4, -0.2) is 27.3 Å². The Morgan fingerprint density at radius 3 is 2.93 bits per heavy atom. The third-order valence-corrected chi connectivity index (χ3v) is 1.96. The van der Waals surface area contributed by atoms with E-state index in [0.717, 1.165) is 0 Å². The number of nitrogens with zero attached hydrogens (tertiary/aromatic N) is 2. The highest BCUT2D eigenvalue weighted by molar-refractivity contribution is 5.66. The first kappa shape index (κ1) is 11.6. The number of nitrogens with one attached hydrogen (secondary N) is 1. The van der Waals surface area contributed by atoms with Crippen molar-refractivity contribution in [3.8, 4) is 0 Å². The smallest absolute Gasteiger partial charge is 0.303 e. The standard InChI is InChI=1S/C9H15N3O3/c1-6(3-4-9(13)14)10-5-8-11-7(2)12-15-8/h6,10H,3-5H2,1-2H3,(H,13,14). The maximum absolute atomic E-state index is 10.3. The predicted molar refractivity (Wildman–Crippen MR) is 52.2 cm³/mol. The van der Waals surface area contributed by atoms with Gasteiger partial charge in [0.2, 0.25) is 5.89 Å². The first-order valence-electron chi connectivity index (χ1n) is 4.82. The predicted octanol–water partition coefficient (Wildman–Crippen LogP) is 0.721. The molecule has 1 heterocycles. The summed E-state index contributed by atoms with van der Waals surface area (Å²) in [5, 5.41) is 15.2. The molecule has 1 aromatic rings. The van der Waals surface area contributed by atoms with Crippen molar-refractivity contribution in [1.82, 2.24) is 15.5 Å². The van der Waals surface area contributed by atoms with E-state index < -0.39 is 5.97 Å². The van der Waals surface area contributed by atoms with Gasteiger partial charge in [-0.2, -0.15) is 4.98 Å². The van der Waals surface area contributed by atoms with Gasteiger partial charge in [-0.25, -0.2) is 0 Å². The van der Waals surface area contributed by atoms with E-state index >= 15 is 0 Å². The first-order chi connectivity index (χ1) is 7.08. The van der Waals surface area contributed by atoms with Gasteiger partial charge >= 0.3 is 5.97 Å². The van der Waals surface area contributed by atoms with Crippen LogP contribution in [0.4, 0.5) is 0 Å². The zero-order valence-corrected chi connectivity index (χ0v) is 8.86. The Bertz CT molecular complexity index is 324. The lowest BCUT2D eigenvalue weighted by atomic mass is 10.2. The quantitative estimate of drug-likeness (QED) is 0.723. The molecule has 0 aromatic carbocycles. The van der Waals surface area contributed by atoms with Crippen molar-refractivity contribution in [3.05, 3.63) is 11.7 Å². The monoisotopic (exact) mass is 213 g/mol. The molecule has 15 heavy (non-hydrogen) atoms. The summed E-state index contributed by atoms with van der Waals surface area (Å²) in [6.45, 7) is 4.15. The number of aryl methyl sites for hydroxylation is 1. The fourth-order valence-electron chi connectivity index (χ4n) is 1.12. The lowest BCUT2D eigenvalue weighted by Gasteiger charge is -2.09. The van der Waals surface area contributed by atoms with E-state index in [1.54, 1.807) is 6.92 Å². The van der Waals surface area contributed by atoms with Gasteiger partial charge in [0.05, 0.1) is 6.54 Å². The van der Waals surface area contributed by atoms with Crippen LogP contribution in [0.5, 0.6) is 0 Å². The normalized spacial score (nSPS) is 12.7. The van der Waals surface area contributed by atoms with Gasteiger partial charge in [-0.3, -0.25) is 4.79 Å². The summed E-state index contributed by atoms with van der Waals surface area (Å²) in [5.41, 5.74) is 0. The number of hydrogen-bond donors (Lipinski definition) is 2. The zero-order valence-electron chi connectivity index (χ0n) is 8.86. The Morgan fingerprint density at radius 2 is 2.40 bits per heavy atom. The number of carbonyl (C=O) groups is 1. The highest BCUT2D eigenvalue weighted by Gasteiger charge is 2.07. The molecule has 0 fully saturated rings. The van der Waals surface area contributed by atoms with Gasteiger partial charge in [0.25, 0.3) is 0 Å². The van der Waals surface area contributed by atoms with Crippen molar-refractivity contribution in [2.45, 2.75) is 39.3 Å². The van der Waals surface area contributed by atoms with E-state index in [0.29, 0.717) is 24.7 Å². The van der Waals surface area contributed by atoms with Crippen molar-refractivity contribution in [2.24, 2.45) is 0 Å². The van der Waals surface area contributed by atoms with Crippen LogP contribution in [0.25, 0.3) is 0 Å². The second-order valence-electron chi connectivity index (χ2n) is 3.45. The summed E-state index contributed by atoms with van der Waals surface area (Å²) in [6.07, 6.45) is 0.749. The molecule has 0 saturated carbocycles. The van der Waals surface area contributed by atoms with Gasteiger partial charge in [-0.05, 0) is 20.3 Å². The summed E-state index contributed by atoms with van der Waals surface area (Å²) in [4.78, 5) is 14.3. The summed E-state index contributed by atoms with van der Waals surface area (Å²) in [7, 11) is 0. The van der Waals surface area contributed by atoms with Crippen molar-refractivity contribution in [2.75, 3.05) is 0 Å². The molecule has 0 radical (unpaired) electrons. The molecule has 0 bridgehead atoms. The topological polar surface area (TPSA) is 88.2 Å². The minimum Gasteiger partial charge on any atom is -0.481 e. The van der Waals surface area contributed by atoms with Crippen LogP contribution in [0.2, 0.25) is 0 Å². The van der Waals surface area contributed by atoms with E-state index in [-0.39, 0.29) is 12.5 Å². The van der Waals surface area contributed by atoms with E-state index in [1.807, 2.05) is 6.92 Å². The number of hydrogen-bond acceptors (Lipinski definition) is 5. The van der Waals surface area contributed by atoms with Gasteiger partial charge < -0.3 is 14.9 Å². The number of rotatable bonds is 6. The Kier molecular flexibility index (Phi) is 4.23.